The summed E-state index contributed by atoms with van der Waals surface area (Å²) in [7, 11) is 3.22. The molecule has 0 atom stereocenters. The van der Waals surface area contributed by atoms with Gasteiger partial charge in [-0.25, -0.2) is 19.8 Å². The molecule has 2 amide bonds. The second kappa shape index (κ2) is 28.1. The van der Waals surface area contributed by atoms with Gasteiger partial charge in [-0.05, 0) is 103 Å². The largest absolute Gasteiger partial charge is 0.457 e. The number of halogens is 15. The zero-order valence-corrected chi connectivity index (χ0v) is 46.3. The number of nitrogens with one attached hydrogen (secondary N) is 4. The van der Waals surface area contributed by atoms with Crippen molar-refractivity contribution in [2.24, 2.45) is 9.98 Å². The van der Waals surface area contributed by atoms with E-state index in [1.807, 2.05) is 19.2 Å². The van der Waals surface area contributed by atoms with E-state index in [0.717, 1.165) is 24.0 Å². The van der Waals surface area contributed by atoms with Crippen LogP contribution in [-0.4, -0.2) is 90.6 Å². The van der Waals surface area contributed by atoms with Crippen molar-refractivity contribution in [2.45, 2.75) is 24.7 Å². The number of hydrogen-bond acceptors (Lipinski definition) is 13. The lowest BCUT2D eigenvalue weighted by atomic mass is 10.2. The molecule has 0 radical (unpaired) electrons. The van der Waals surface area contributed by atoms with Crippen molar-refractivity contribution in [1.29, 1.82) is 0 Å². The quantitative estimate of drug-likeness (QED) is 0.0706. The third kappa shape index (κ3) is 18.7. The molecule has 0 spiro atoms. The Morgan fingerprint density at radius 1 is 0.563 bits per heavy atom. The molecule has 6 aromatic heterocycles. The van der Waals surface area contributed by atoms with Gasteiger partial charge in [0.2, 0.25) is 0 Å². The van der Waals surface area contributed by atoms with Crippen LogP contribution < -0.4 is 25.0 Å². The highest BCUT2D eigenvalue weighted by Gasteiger charge is 2.38. The summed E-state index contributed by atoms with van der Waals surface area (Å²) in [6.07, 6.45) is -10.5. The van der Waals surface area contributed by atoms with Crippen molar-refractivity contribution in [3.8, 4) is 46.0 Å². The fourth-order valence-corrected chi connectivity index (χ4v) is 7.45. The Balaban J connectivity index is 0.000000186. The molecule has 87 heavy (non-hydrogen) atoms. The lowest BCUT2D eigenvalue weighted by Crippen LogP contribution is -2.31. The molecule has 452 valence electrons. The average molecular weight is 1280 g/mol. The Morgan fingerprint density at radius 2 is 1.06 bits per heavy atom. The zero-order chi connectivity index (χ0) is 63.3. The van der Waals surface area contributed by atoms with Gasteiger partial charge in [-0.3, -0.25) is 34.6 Å². The number of carbonyl (C=O) groups excluding carboxylic acids is 2. The number of rotatable bonds is 11. The molecular formula is C55H38Cl3F12N13O4. The third-order valence-corrected chi connectivity index (χ3v) is 11.9. The van der Waals surface area contributed by atoms with E-state index >= 15 is 0 Å². The van der Waals surface area contributed by atoms with Crippen molar-refractivity contribution < 1.29 is 71.7 Å². The first kappa shape index (κ1) is 64.9. The summed E-state index contributed by atoms with van der Waals surface area (Å²) in [4.78, 5) is 58.2. The van der Waals surface area contributed by atoms with Gasteiger partial charge in [-0.2, -0.15) is 52.7 Å². The summed E-state index contributed by atoms with van der Waals surface area (Å²) >= 11 is 16.8. The summed E-state index contributed by atoms with van der Waals surface area (Å²) in [5.41, 5.74) is -1.69. The van der Waals surface area contributed by atoms with E-state index in [1.54, 1.807) is 24.3 Å². The van der Waals surface area contributed by atoms with E-state index in [-0.39, 0.29) is 46.0 Å². The van der Waals surface area contributed by atoms with Crippen molar-refractivity contribution in [3.63, 3.8) is 0 Å². The number of alkyl halides is 12. The normalized spacial score (nSPS) is 12.1. The maximum Gasteiger partial charge on any atom is 0.432 e. The number of hydrogen-bond donors (Lipinski definition) is 4. The third-order valence-electron chi connectivity index (χ3n) is 11.1. The summed E-state index contributed by atoms with van der Waals surface area (Å²) in [5, 5.41) is 5.80. The van der Waals surface area contributed by atoms with E-state index in [1.165, 1.54) is 103 Å². The Morgan fingerprint density at radius 3 is 1.53 bits per heavy atom. The topological polar surface area (TPSA) is 214 Å². The molecule has 10 rings (SSSR count). The first-order chi connectivity index (χ1) is 41.1. The molecule has 0 bridgehead atoms. The number of benzene rings is 3. The predicted molar refractivity (Wildman–Crippen MR) is 299 cm³/mol. The summed E-state index contributed by atoms with van der Waals surface area (Å²) < 4.78 is 164. The van der Waals surface area contributed by atoms with Gasteiger partial charge < -0.3 is 30.1 Å². The highest BCUT2D eigenvalue weighted by Crippen LogP contribution is 2.37. The molecule has 0 aliphatic carbocycles. The van der Waals surface area contributed by atoms with Crippen LogP contribution in [0.25, 0.3) is 23.0 Å². The molecule has 0 fully saturated rings. The molecule has 0 unspecified atom stereocenters. The number of nitrogens with zero attached hydrogens (tertiary/aromatic N) is 9. The number of amidine groups is 1. The lowest BCUT2D eigenvalue weighted by Gasteiger charge is -2.19. The smallest absolute Gasteiger partial charge is 0.432 e. The summed E-state index contributed by atoms with van der Waals surface area (Å²) in [5.74, 6) is 1.54. The molecule has 7 heterocycles. The van der Waals surface area contributed by atoms with Gasteiger partial charge in [-0.1, -0.05) is 34.8 Å². The fraction of sp³-hybridized carbons (Fsp3) is 0.127. The SMILES string of the molecule is CN(C(=O)Nc1ccc(Cl)c(C(F)(F)F)c1)c1ccc(Oc2ccnc(-c3ncc(C(F)(F)F)[nH]3)c2)cc1.CNc1ccc(Oc2ccnc(C3=NCC(C(F)(F)F)=N3)c2)cc1.FC(F)(F)c1cnc(-c2cc(Cl)ccn2)[nH]1.O=Cc1cc(Cl)ccn1. The maximum absolute atomic E-state index is 13.1. The molecular weight excluding hydrogens is 1240 g/mol. The molecule has 9 aromatic rings. The molecule has 32 heteroatoms. The van der Waals surface area contributed by atoms with Gasteiger partial charge in [-0.15, -0.1) is 0 Å². The first-order valence-corrected chi connectivity index (χ1v) is 25.4. The van der Waals surface area contributed by atoms with Crippen molar-refractivity contribution >= 4 is 75.7 Å². The Bertz CT molecular complexity index is 3900. The highest BCUT2D eigenvalue weighted by molar-refractivity contribution is 6.31. The number of aliphatic imine (C=N–C) groups is 2. The highest BCUT2D eigenvalue weighted by atomic mass is 35.5. The minimum atomic E-state index is -4.68. The van der Waals surface area contributed by atoms with Crippen molar-refractivity contribution in [1.82, 2.24) is 39.9 Å². The Labute approximate surface area is 498 Å². The van der Waals surface area contributed by atoms with Crippen LogP contribution in [0.2, 0.25) is 15.1 Å². The van der Waals surface area contributed by atoms with E-state index in [9.17, 15) is 62.3 Å². The monoisotopic (exact) mass is 1280 g/mol. The fourth-order valence-electron chi connectivity index (χ4n) is 6.90. The van der Waals surface area contributed by atoms with Crippen LogP contribution in [-0.2, 0) is 18.5 Å². The van der Waals surface area contributed by atoms with Crippen LogP contribution >= 0.6 is 34.8 Å². The Hall–Kier alpha value is -9.61. The molecule has 4 N–H and O–H groups in total. The average Bonchev–Trinajstić information content (AvgIpc) is 2.70. The lowest BCUT2D eigenvalue weighted by molar-refractivity contribution is -0.141. The number of urea groups is 1. The Kier molecular flexibility index (Phi) is 20.9. The van der Waals surface area contributed by atoms with Crippen LogP contribution in [0.4, 0.5) is 74.5 Å². The van der Waals surface area contributed by atoms with Gasteiger partial charge in [0.05, 0.1) is 29.5 Å². The second-order valence-corrected chi connectivity index (χ2v) is 18.5. The zero-order valence-electron chi connectivity index (χ0n) is 44.0. The maximum atomic E-state index is 13.1. The van der Waals surface area contributed by atoms with Gasteiger partial charge >= 0.3 is 30.7 Å². The molecule has 0 saturated carbocycles. The van der Waals surface area contributed by atoms with E-state index in [2.05, 4.69) is 60.5 Å². The van der Waals surface area contributed by atoms with Crippen LogP contribution in [0.5, 0.6) is 23.0 Å². The number of aldehydes is 1. The molecule has 0 saturated heterocycles. The van der Waals surface area contributed by atoms with Crippen LogP contribution in [0, 0.1) is 0 Å². The number of aromatic nitrogens is 8. The van der Waals surface area contributed by atoms with Crippen LogP contribution in [0.1, 0.15) is 33.1 Å². The van der Waals surface area contributed by atoms with Crippen molar-refractivity contribution in [2.75, 3.05) is 36.2 Å². The van der Waals surface area contributed by atoms with Gasteiger partial charge in [0.15, 0.2) is 23.8 Å². The standard InChI is InChI=1S/C24H16ClF6N5O2.C16H13F3N4O.C9H5ClF3N3.C6H4ClNO/c1-36(22(37)34-13-2-7-18(25)17(10-13)23(26,27)28)14-3-5-15(6-4-14)38-16-8-9-32-19(11-16)21-33-12-20(35-21)24(29,30)31;1-20-10-2-4-11(5-3-10)24-12-6-7-21-13(8-12)15-22-9-14(23-15)16(17,18)19;10-5-1-2-14-6(3-5)8-15-4-7(16-8)9(11,12)13;7-5-1-2-8-6(3-5)4-9/h2-12H,1H3,(H,33,35)(H,34,37);2-8,20H,9H2,1H3;1-4H,(H,15,16);1-4H. The van der Waals surface area contributed by atoms with Crippen LogP contribution in [0.15, 0.2) is 162 Å². The number of amides is 2. The molecule has 3 aromatic carbocycles. The van der Waals surface area contributed by atoms with Gasteiger partial charge in [0.25, 0.3) is 0 Å². The van der Waals surface area contributed by atoms with E-state index in [0.29, 0.717) is 51.2 Å². The summed E-state index contributed by atoms with van der Waals surface area (Å²) in [6.45, 7) is -0.489. The number of anilines is 3. The van der Waals surface area contributed by atoms with E-state index in [4.69, 9.17) is 44.3 Å². The number of pyridine rings is 4. The minimum Gasteiger partial charge on any atom is -0.457 e. The molecule has 17 nitrogen and oxygen atoms in total. The minimum absolute atomic E-state index is 0.0369. The van der Waals surface area contributed by atoms with Gasteiger partial charge in [0, 0.05) is 78.1 Å². The first-order valence-electron chi connectivity index (χ1n) is 24.3. The number of aromatic amines is 2. The number of carbonyl (C=O) groups is 2. The second-order valence-electron chi connectivity index (χ2n) is 17.3. The number of H-pyrrole nitrogens is 2. The number of imidazole rings is 2. The molecule has 1 aliphatic rings. The predicted octanol–water partition coefficient (Wildman–Crippen LogP) is 16.0. The number of ether oxygens (including phenoxy) is 2. The van der Waals surface area contributed by atoms with E-state index < -0.39 is 65.0 Å². The molecule has 1 aliphatic heterocycles. The van der Waals surface area contributed by atoms with Gasteiger partial charge in [0.1, 0.15) is 62.9 Å². The summed E-state index contributed by atoms with van der Waals surface area (Å²) in [6, 6.07) is 27.8. The van der Waals surface area contributed by atoms with Crippen LogP contribution in [0.3, 0.4) is 0 Å². The van der Waals surface area contributed by atoms with Crippen molar-refractivity contribution in [3.05, 3.63) is 196 Å².